The van der Waals surface area contributed by atoms with Crippen molar-refractivity contribution >= 4 is 21.9 Å². The van der Waals surface area contributed by atoms with Crippen LogP contribution in [0.15, 0.2) is 42.5 Å². The molecular weight excluding hydrogens is 616 g/mol. The molecule has 252 valence electrons. The van der Waals surface area contributed by atoms with Crippen LogP contribution in [0.3, 0.4) is 0 Å². The molecule has 0 aromatic heterocycles. The van der Waals surface area contributed by atoms with Gasteiger partial charge in [0.2, 0.25) is 10.0 Å². The molecule has 3 fully saturated rings. The second-order valence-electron chi connectivity index (χ2n) is 13.0. The Morgan fingerprint density at radius 1 is 1.11 bits per heavy atom. The Bertz CT molecular complexity index is 1480. The fourth-order valence-corrected chi connectivity index (χ4v) is 9.44. The largest absolute Gasteiger partial charge is 0.453 e. The molecule has 8 atom stereocenters. The number of carbonyl (C=O) groups is 2. The molecule has 3 saturated heterocycles. The van der Waals surface area contributed by atoms with E-state index in [-0.39, 0.29) is 54.6 Å². The molecule has 0 aliphatic carbocycles. The fourth-order valence-electron chi connectivity index (χ4n) is 7.63. The average molecular weight is 662 g/mol. The maximum atomic E-state index is 15.4. The monoisotopic (exact) mass is 661 g/mol. The summed E-state index contributed by atoms with van der Waals surface area (Å²) in [5.74, 6) is -1.72. The molecule has 0 saturated carbocycles. The first kappa shape index (κ1) is 34.4. The number of sulfonamides is 1. The first-order valence-corrected chi connectivity index (χ1v) is 17.8. The van der Waals surface area contributed by atoms with Crippen LogP contribution in [0.2, 0.25) is 0 Å². The zero-order valence-corrected chi connectivity index (χ0v) is 27.5. The molecule has 5 rings (SSSR count). The van der Waals surface area contributed by atoms with Gasteiger partial charge >= 0.3 is 6.09 Å². The number of ether oxygens (including phenoxy) is 2. The molecule has 3 aliphatic heterocycles. The van der Waals surface area contributed by atoms with Crippen LogP contribution in [-0.4, -0.2) is 80.9 Å². The number of nitrogens with zero attached hydrogens (tertiary/aromatic N) is 1. The van der Waals surface area contributed by atoms with Crippen LogP contribution in [-0.2, 0) is 37.1 Å². The van der Waals surface area contributed by atoms with E-state index in [1.54, 1.807) is 28.6 Å². The minimum Gasteiger partial charge on any atom is -0.453 e. The van der Waals surface area contributed by atoms with Crippen LogP contribution < -0.4 is 10.6 Å². The number of rotatable bonds is 10. The van der Waals surface area contributed by atoms with E-state index in [9.17, 15) is 22.4 Å². The molecule has 9 nitrogen and oxygen atoms in total. The number of hydrogen-bond donors (Lipinski definition) is 2. The lowest BCUT2D eigenvalue weighted by Gasteiger charge is -2.40. The summed E-state index contributed by atoms with van der Waals surface area (Å²) in [6.07, 6.45) is 2.17. The molecule has 2 aromatic carbocycles. The van der Waals surface area contributed by atoms with Gasteiger partial charge in [-0.2, -0.15) is 4.31 Å². The van der Waals surface area contributed by atoms with E-state index in [1.807, 2.05) is 13.8 Å². The van der Waals surface area contributed by atoms with Crippen molar-refractivity contribution in [3.63, 3.8) is 0 Å². The number of hydrogen-bond acceptors (Lipinski definition) is 7. The summed E-state index contributed by atoms with van der Waals surface area (Å²) in [6, 6.07) is 9.30. The Kier molecular flexibility index (Phi) is 11.1. The summed E-state index contributed by atoms with van der Waals surface area (Å²) in [5, 5.41) is 6.21. The van der Waals surface area contributed by atoms with Crippen LogP contribution in [0.1, 0.15) is 68.6 Å². The van der Waals surface area contributed by atoms with Crippen molar-refractivity contribution in [2.75, 3.05) is 26.0 Å². The predicted molar refractivity (Wildman–Crippen MR) is 170 cm³/mol. The maximum absolute atomic E-state index is 15.4. The molecule has 3 unspecified atom stereocenters. The number of fused-ring (bicyclic) bond motifs is 2. The standard InChI is InChI=1S/C34H45F2N3O6S/c1-21-16-25(17-22(2)45-21)32(23-9-11-26(35)12-10-23)33(38-34(41)44-3)31(40)18-24-6-4-8-30(36)29(24)14-13-28-19-37-27-7-5-15-46(42,43)39(28)20-27/h4,6,8-12,21-22,25,27-28,32-33,37H,5,7,13-20H2,1-3H3,(H,38,41)/t21-,22+,25?,27-,28+,32?,33-/m1/s1. The van der Waals surface area contributed by atoms with Crippen LogP contribution in [0.4, 0.5) is 13.6 Å². The summed E-state index contributed by atoms with van der Waals surface area (Å²) in [6.45, 7) is 4.82. The van der Waals surface area contributed by atoms with Gasteiger partial charge in [0.15, 0.2) is 5.78 Å². The van der Waals surface area contributed by atoms with E-state index in [0.29, 0.717) is 55.5 Å². The molecular formula is C34H45F2N3O6S. The van der Waals surface area contributed by atoms with Crippen LogP contribution in [0.25, 0.3) is 0 Å². The topological polar surface area (TPSA) is 114 Å². The number of halogens is 2. The van der Waals surface area contributed by atoms with Gasteiger partial charge in [-0.3, -0.25) is 4.79 Å². The van der Waals surface area contributed by atoms with Gasteiger partial charge in [-0.25, -0.2) is 22.0 Å². The van der Waals surface area contributed by atoms with Crippen molar-refractivity contribution < 1.29 is 36.3 Å². The smallest absolute Gasteiger partial charge is 0.407 e. The number of carbonyl (C=O) groups excluding carboxylic acids is 2. The molecule has 3 aliphatic rings. The summed E-state index contributed by atoms with van der Waals surface area (Å²) < 4.78 is 67.8. The summed E-state index contributed by atoms with van der Waals surface area (Å²) in [7, 11) is -2.18. The normalized spacial score (nSPS) is 28.8. The van der Waals surface area contributed by atoms with E-state index >= 15 is 4.39 Å². The molecule has 46 heavy (non-hydrogen) atoms. The van der Waals surface area contributed by atoms with Crippen molar-refractivity contribution in [3.8, 4) is 0 Å². The third kappa shape index (κ3) is 8.13. The van der Waals surface area contributed by atoms with Crippen molar-refractivity contribution in [2.45, 2.75) is 95.0 Å². The van der Waals surface area contributed by atoms with Gasteiger partial charge in [0.25, 0.3) is 0 Å². The Morgan fingerprint density at radius 3 is 2.52 bits per heavy atom. The first-order chi connectivity index (χ1) is 21.9. The van der Waals surface area contributed by atoms with E-state index in [4.69, 9.17) is 9.47 Å². The van der Waals surface area contributed by atoms with Crippen molar-refractivity contribution in [3.05, 3.63) is 70.8 Å². The van der Waals surface area contributed by atoms with Crippen molar-refractivity contribution in [1.82, 2.24) is 14.9 Å². The van der Waals surface area contributed by atoms with E-state index < -0.39 is 39.7 Å². The quantitative estimate of drug-likeness (QED) is 0.386. The SMILES string of the molecule is COC(=O)N[C@H](C(=O)Cc1cccc(F)c1CC[C@H]1CN[C@@H]2CCCS(=O)(=O)N1C2)C(c1ccc(F)cc1)C1C[C@@H](C)O[C@@H](C)C1. The van der Waals surface area contributed by atoms with E-state index in [2.05, 4.69) is 10.6 Å². The van der Waals surface area contributed by atoms with E-state index in [0.717, 1.165) is 6.42 Å². The lowest BCUT2D eigenvalue weighted by atomic mass is 9.72. The summed E-state index contributed by atoms with van der Waals surface area (Å²) >= 11 is 0. The van der Waals surface area contributed by atoms with Gasteiger partial charge in [0, 0.05) is 37.5 Å². The predicted octanol–water partition coefficient (Wildman–Crippen LogP) is 4.49. The van der Waals surface area contributed by atoms with Crippen molar-refractivity contribution in [1.29, 1.82) is 0 Å². The number of benzene rings is 2. The number of piperazine rings is 1. The van der Waals surface area contributed by atoms with Crippen LogP contribution in [0.5, 0.6) is 0 Å². The Balaban J connectivity index is 1.42. The second-order valence-corrected chi connectivity index (χ2v) is 15.1. The third-order valence-electron chi connectivity index (χ3n) is 9.73. The van der Waals surface area contributed by atoms with E-state index in [1.165, 1.54) is 25.3 Å². The lowest BCUT2D eigenvalue weighted by Crippen LogP contribution is -2.57. The number of methoxy groups -OCH3 is 1. The summed E-state index contributed by atoms with van der Waals surface area (Å²) in [4.78, 5) is 26.9. The molecule has 0 radical (unpaired) electrons. The third-order valence-corrected chi connectivity index (χ3v) is 11.7. The van der Waals surface area contributed by atoms with Gasteiger partial charge in [-0.05, 0) is 93.2 Å². The number of Topliss-reactive ketones (excluding diaryl/α,β-unsaturated/α-hetero) is 1. The first-order valence-electron chi connectivity index (χ1n) is 16.2. The second kappa shape index (κ2) is 14.9. The molecule has 0 spiro atoms. The molecule has 2 N–H and O–H groups in total. The highest BCUT2D eigenvalue weighted by Crippen LogP contribution is 2.39. The Labute approximate surface area is 270 Å². The van der Waals surface area contributed by atoms with Gasteiger partial charge < -0.3 is 20.1 Å². The van der Waals surface area contributed by atoms with Gasteiger partial charge in [-0.1, -0.05) is 24.3 Å². The number of ketones is 1. The number of nitrogens with one attached hydrogen (secondary N) is 2. The minimum absolute atomic E-state index is 0.0829. The minimum atomic E-state index is -3.41. The molecule has 2 aromatic rings. The Morgan fingerprint density at radius 2 is 1.83 bits per heavy atom. The zero-order chi connectivity index (χ0) is 33.0. The zero-order valence-electron chi connectivity index (χ0n) is 26.7. The number of alkyl carbamates (subject to hydrolysis) is 1. The molecule has 12 heteroatoms. The highest BCUT2D eigenvalue weighted by atomic mass is 32.2. The molecule has 2 bridgehead atoms. The van der Waals surface area contributed by atoms with Gasteiger partial charge in [0.1, 0.15) is 11.6 Å². The highest BCUT2D eigenvalue weighted by molar-refractivity contribution is 7.89. The lowest BCUT2D eigenvalue weighted by molar-refractivity contribution is -0.122. The van der Waals surface area contributed by atoms with Gasteiger partial charge in [0.05, 0.1) is 31.1 Å². The maximum Gasteiger partial charge on any atom is 0.407 e. The van der Waals surface area contributed by atoms with Crippen molar-refractivity contribution in [2.24, 2.45) is 5.92 Å². The van der Waals surface area contributed by atoms with Crippen LogP contribution >= 0.6 is 0 Å². The average Bonchev–Trinajstić information content (AvgIpc) is 3.12. The number of amides is 1. The molecule has 3 heterocycles. The van der Waals surface area contributed by atoms with Gasteiger partial charge in [-0.15, -0.1) is 0 Å². The molecule has 1 amide bonds. The Hall–Kier alpha value is -2.93. The van der Waals surface area contributed by atoms with Crippen LogP contribution in [0, 0.1) is 17.6 Å². The fraction of sp³-hybridized carbons (Fsp3) is 0.588. The highest BCUT2D eigenvalue weighted by Gasteiger charge is 2.41. The summed E-state index contributed by atoms with van der Waals surface area (Å²) in [5.41, 5.74) is 1.53.